The number of hydrogen-bond acceptors (Lipinski definition) is 6. The van der Waals surface area contributed by atoms with Crippen molar-refractivity contribution in [3.8, 4) is 11.6 Å². The largest absolute Gasteiger partial charge is 0.438 e. The molecule has 4 rings (SSSR count). The predicted molar refractivity (Wildman–Crippen MR) is 106 cm³/mol. The molecule has 0 radical (unpaired) electrons. The maximum Gasteiger partial charge on any atom is 0.261 e. The molecule has 0 amide bonds. The van der Waals surface area contributed by atoms with E-state index in [9.17, 15) is 8.42 Å². The van der Waals surface area contributed by atoms with Crippen LogP contribution in [0.25, 0.3) is 10.2 Å². The number of aromatic nitrogens is 2. The van der Waals surface area contributed by atoms with Crippen LogP contribution in [-0.4, -0.2) is 18.4 Å². The molecular formula is C19H15N3O3S2. The van der Waals surface area contributed by atoms with Crippen LogP contribution in [0, 0.1) is 6.92 Å². The second-order valence-electron chi connectivity index (χ2n) is 5.86. The van der Waals surface area contributed by atoms with E-state index in [-0.39, 0.29) is 4.90 Å². The van der Waals surface area contributed by atoms with E-state index in [1.54, 1.807) is 48.5 Å². The fourth-order valence-electron chi connectivity index (χ4n) is 2.48. The van der Waals surface area contributed by atoms with Crippen molar-refractivity contribution in [2.75, 3.05) is 4.72 Å². The lowest BCUT2D eigenvalue weighted by molar-refractivity contribution is 0.468. The zero-order chi connectivity index (χ0) is 18.9. The molecule has 0 spiro atoms. The summed E-state index contributed by atoms with van der Waals surface area (Å²) >= 11 is 1.51. The molecule has 0 aliphatic heterocycles. The Hall–Kier alpha value is -2.97. The van der Waals surface area contributed by atoms with Gasteiger partial charge >= 0.3 is 0 Å². The molecule has 2 aromatic carbocycles. The summed E-state index contributed by atoms with van der Waals surface area (Å²) in [6.07, 6.45) is 1.46. The van der Waals surface area contributed by atoms with Crippen molar-refractivity contribution in [1.82, 2.24) is 9.97 Å². The highest BCUT2D eigenvalue weighted by atomic mass is 32.2. The lowest BCUT2D eigenvalue weighted by Gasteiger charge is -2.10. The van der Waals surface area contributed by atoms with Gasteiger partial charge in [0.15, 0.2) is 0 Å². The van der Waals surface area contributed by atoms with Crippen LogP contribution in [-0.2, 0) is 10.0 Å². The summed E-state index contributed by atoms with van der Waals surface area (Å²) in [6, 6.07) is 15.3. The fraction of sp³-hybridized carbons (Fsp3) is 0.0526. The van der Waals surface area contributed by atoms with Crippen LogP contribution < -0.4 is 9.46 Å². The van der Waals surface area contributed by atoms with Crippen molar-refractivity contribution in [3.05, 3.63) is 71.9 Å². The summed E-state index contributed by atoms with van der Waals surface area (Å²) < 4.78 is 33.3. The van der Waals surface area contributed by atoms with E-state index in [0.29, 0.717) is 17.3 Å². The average Bonchev–Trinajstić information content (AvgIpc) is 3.13. The molecule has 0 saturated heterocycles. The second-order valence-corrected chi connectivity index (χ2v) is 8.44. The van der Waals surface area contributed by atoms with Crippen molar-refractivity contribution in [3.63, 3.8) is 0 Å². The lowest BCUT2D eigenvalue weighted by atomic mass is 10.2. The molecule has 0 fully saturated rings. The van der Waals surface area contributed by atoms with E-state index >= 15 is 0 Å². The van der Waals surface area contributed by atoms with E-state index in [0.717, 1.165) is 15.8 Å². The molecule has 6 nitrogen and oxygen atoms in total. The van der Waals surface area contributed by atoms with Gasteiger partial charge < -0.3 is 4.74 Å². The summed E-state index contributed by atoms with van der Waals surface area (Å²) in [5.41, 5.74) is 1.45. The maximum atomic E-state index is 12.4. The first-order chi connectivity index (χ1) is 13.0. The number of ether oxygens (including phenoxy) is 1. The molecule has 1 N–H and O–H groups in total. The number of rotatable bonds is 5. The van der Waals surface area contributed by atoms with Gasteiger partial charge in [-0.2, -0.15) is 0 Å². The molecule has 0 bridgehead atoms. The Morgan fingerprint density at radius 1 is 0.963 bits per heavy atom. The van der Waals surface area contributed by atoms with E-state index < -0.39 is 10.0 Å². The third-order valence-electron chi connectivity index (χ3n) is 3.88. The number of fused-ring (bicyclic) bond motifs is 1. The SMILES string of the molecule is Cc1ccc(S(=O)(=O)Nc2ccc(Oc3ncnc4sccc34)cc2)cc1. The van der Waals surface area contributed by atoms with Gasteiger partial charge in [-0.25, -0.2) is 18.4 Å². The van der Waals surface area contributed by atoms with Gasteiger partial charge in [-0.3, -0.25) is 4.72 Å². The molecule has 136 valence electrons. The molecule has 27 heavy (non-hydrogen) atoms. The highest BCUT2D eigenvalue weighted by molar-refractivity contribution is 7.92. The maximum absolute atomic E-state index is 12.4. The van der Waals surface area contributed by atoms with Crippen molar-refractivity contribution in [1.29, 1.82) is 0 Å². The van der Waals surface area contributed by atoms with E-state index in [4.69, 9.17) is 4.74 Å². The Bertz CT molecular complexity index is 1190. The Kier molecular flexibility index (Phi) is 4.51. The third kappa shape index (κ3) is 3.76. The smallest absolute Gasteiger partial charge is 0.261 e. The summed E-state index contributed by atoms with van der Waals surface area (Å²) in [4.78, 5) is 9.41. The number of benzene rings is 2. The molecule has 0 aliphatic carbocycles. The topological polar surface area (TPSA) is 81.2 Å². The molecule has 4 aromatic rings. The van der Waals surface area contributed by atoms with Gasteiger partial charge in [0.1, 0.15) is 16.9 Å². The number of thiophene rings is 1. The van der Waals surface area contributed by atoms with Gasteiger partial charge in [-0.1, -0.05) is 17.7 Å². The summed E-state index contributed by atoms with van der Waals surface area (Å²) in [7, 11) is -3.63. The zero-order valence-electron chi connectivity index (χ0n) is 14.3. The van der Waals surface area contributed by atoms with Crippen LogP contribution in [0.5, 0.6) is 11.6 Å². The van der Waals surface area contributed by atoms with Crippen LogP contribution >= 0.6 is 11.3 Å². The Balaban J connectivity index is 1.52. The molecule has 0 saturated carbocycles. The minimum Gasteiger partial charge on any atom is -0.438 e. The van der Waals surface area contributed by atoms with E-state index in [1.807, 2.05) is 18.4 Å². The molecule has 2 aromatic heterocycles. The average molecular weight is 397 g/mol. The molecule has 8 heteroatoms. The first kappa shape index (κ1) is 17.4. The van der Waals surface area contributed by atoms with Crippen molar-refractivity contribution in [2.24, 2.45) is 0 Å². The Morgan fingerprint density at radius 3 is 2.44 bits per heavy atom. The van der Waals surface area contributed by atoms with Crippen molar-refractivity contribution >= 4 is 37.3 Å². The minimum absolute atomic E-state index is 0.217. The molecule has 2 heterocycles. The van der Waals surface area contributed by atoms with Crippen LogP contribution in [0.4, 0.5) is 5.69 Å². The van der Waals surface area contributed by atoms with Gasteiger partial charge in [0.05, 0.1) is 10.3 Å². The molecule has 0 atom stereocenters. The Morgan fingerprint density at radius 2 is 1.70 bits per heavy atom. The summed E-state index contributed by atoms with van der Waals surface area (Å²) in [6.45, 7) is 1.91. The minimum atomic E-state index is -3.63. The quantitative estimate of drug-likeness (QED) is 0.532. The van der Waals surface area contributed by atoms with Gasteiger partial charge in [-0.15, -0.1) is 11.3 Å². The number of aryl methyl sites for hydroxylation is 1. The predicted octanol–water partition coefficient (Wildman–Crippen LogP) is 4.59. The first-order valence-corrected chi connectivity index (χ1v) is 10.4. The van der Waals surface area contributed by atoms with Crippen LogP contribution in [0.1, 0.15) is 5.56 Å². The number of hydrogen-bond donors (Lipinski definition) is 1. The first-order valence-electron chi connectivity index (χ1n) is 8.07. The van der Waals surface area contributed by atoms with Gasteiger partial charge in [0.25, 0.3) is 10.0 Å². The third-order valence-corrected chi connectivity index (χ3v) is 6.10. The standard InChI is InChI=1S/C19H15N3O3S2/c1-13-2-8-16(9-3-13)27(23,24)22-14-4-6-15(7-5-14)25-18-17-10-11-26-19(17)21-12-20-18/h2-12,22H,1H3. The number of nitrogens with zero attached hydrogens (tertiary/aromatic N) is 2. The molecular weight excluding hydrogens is 382 g/mol. The summed E-state index contributed by atoms with van der Waals surface area (Å²) in [5, 5.41) is 2.77. The highest BCUT2D eigenvalue weighted by Crippen LogP contribution is 2.30. The second kappa shape index (κ2) is 6.98. The van der Waals surface area contributed by atoms with Gasteiger partial charge in [-0.05, 0) is 54.8 Å². The normalized spacial score (nSPS) is 11.4. The van der Waals surface area contributed by atoms with Crippen molar-refractivity contribution < 1.29 is 13.2 Å². The van der Waals surface area contributed by atoms with Gasteiger partial charge in [0, 0.05) is 5.69 Å². The van der Waals surface area contributed by atoms with Gasteiger partial charge in [0.2, 0.25) is 5.88 Å². The lowest BCUT2D eigenvalue weighted by Crippen LogP contribution is -2.12. The van der Waals surface area contributed by atoms with Crippen molar-refractivity contribution in [2.45, 2.75) is 11.8 Å². The monoisotopic (exact) mass is 397 g/mol. The number of nitrogens with one attached hydrogen (secondary N) is 1. The van der Waals surface area contributed by atoms with Crippen LogP contribution in [0.2, 0.25) is 0 Å². The van der Waals surface area contributed by atoms with Crippen LogP contribution in [0.15, 0.2) is 71.2 Å². The molecule has 0 unspecified atom stereocenters. The van der Waals surface area contributed by atoms with Crippen LogP contribution in [0.3, 0.4) is 0 Å². The van der Waals surface area contributed by atoms with E-state index in [2.05, 4.69) is 14.7 Å². The fourth-order valence-corrected chi connectivity index (χ4v) is 4.26. The highest BCUT2D eigenvalue weighted by Gasteiger charge is 2.14. The Labute approximate surface area is 160 Å². The number of sulfonamides is 1. The zero-order valence-corrected chi connectivity index (χ0v) is 15.9. The molecule has 0 aliphatic rings. The van der Waals surface area contributed by atoms with E-state index in [1.165, 1.54) is 17.7 Å². The number of anilines is 1. The summed E-state index contributed by atoms with van der Waals surface area (Å²) in [5.74, 6) is 1.02.